The van der Waals surface area contributed by atoms with Gasteiger partial charge in [-0.2, -0.15) is 21.6 Å². The second-order valence-corrected chi connectivity index (χ2v) is 7.61. The monoisotopic (exact) mass is 420 g/mol. The summed E-state index contributed by atoms with van der Waals surface area (Å²) in [6, 6.07) is 7.12. The molecule has 2 aromatic heterocycles. The van der Waals surface area contributed by atoms with Crippen molar-refractivity contribution in [2.45, 2.75) is 5.51 Å². The van der Waals surface area contributed by atoms with Crippen molar-refractivity contribution in [2.75, 3.05) is 0 Å². The van der Waals surface area contributed by atoms with Crippen LogP contribution in [0.15, 0.2) is 42.7 Å². The number of alkyl halides is 3. The van der Waals surface area contributed by atoms with Crippen molar-refractivity contribution in [3.8, 4) is 22.6 Å². The molecule has 5 nitrogen and oxygen atoms in total. The molecule has 0 saturated heterocycles. The van der Waals surface area contributed by atoms with E-state index in [2.05, 4.69) is 16.2 Å². The van der Waals surface area contributed by atoms with Gasteiger partial charge in [0, 0.05) is 28.5 Å². The molecule has 0 aliphatic rings. The molecule has 0 saturated carbocycles. The van der Waals surface area contributed by atoms with E-state index in [0.717, 1.165) is 6.20 Å². The standard InChI is InChI=1S/C15H7Cl2F3N3O2S/c16-9-3-4-10(12(17)8-9)13-11(2-1-5-21-13)14-22-6-7-23(14)26(24,25)15(18,19)20/h1-4,6-8H. The summed E-state index contributed by atoms with van der Waals surface area (Å²) in [5, 5.41) is 0.531. The molecule has 0 unspecified atom stereocenters. The molecular formula is C15H7Cl2F3N3O2S. The molecule has 0 aliphatic carbocycles. The van der Waals surface area contributed by atoms with Gasteiger partial charge in [0.1, 0.15) is 0 Å². The van der Waals surface area contributed by atoms with E-state index in [1.54, 1.807) is 0 Å². The summed E-state index contributed by atoms with van der Waals surface area (Å²) in [6.07, 6.45) is 4.20. The minimum Gasteiger partial charge on any atom is -0.245 e. The lowest BCUT2D eigenvalue weighted by Crippen LogP contribution is -2.29. The molecule has 1 aromatic carbocycles. The summed E-state index contributed by atoms with van der Waals surface area (Å²) in [7, 11) is -5.67. The first-order valence-corrected chi connectivity index (χ1v) is 9.00. The maximum Gasteiger partial charge on any atom is 0.517 e. The van der Waals surface area contributed by atoms with Crippen LogP contribution in [-0.4, -0.2) is 27.9 Å². The van der Waals surface area contributed by atoms with E-state index in [-0.39, 0.29) is 20.3 Å². The summed E-state index contributed by atoms with van der Waals surface area (Å²) < 4.78 is 62.4. The van der Waals surface area contributed by atoms with Crippen molar-refractivity contribution >= 4 is 33.2 Å². The molecule has 3 aromatic rings. The second-order valence-electron chi connectivity index (χ2n) is 4.96. The molecule has 0 aliphatic heterocycles. The first-order chi connectivity index (χ1) is 12.1. The van der Waals surface area contributed by atoms with Gasteiger partial charge in [0.25, 0.3) is 0 Å². The number of benzene rings is 1. The molecule has 135 valence electrons. The van der Waals surface area contributed by atoms with E-state index in [0.29, 0.717) is 16.8 Å². The van der Waals surface area contributed by atoms with E-state index in [1.807, 2.05) is 0 Å². The molecule has 3 rings (SSSR count). The van der Waals surface area contributed by atoms with Crippen molar-refractivity contribution in [1.82, 2.24) is 13.9 Å². The highest BCUT2D eigenvalue weighted by Crippen LogP contribution is 2.36. The number of hydrogen-bond acceptors (Lipinski definition) is 4. The Balaban J connectivity index is 2.25. The first-order valence-electron chi connectivity index (χ1n) is 6.81. The average molecular weight is 421 g/mol. The number of imidazole rings is 1. The highest BCUT2D eigenvalue weighted by molar-refractivity contribution is 7.90. The lowest BCUT2D eigenvalue weighted by Gasteiger charge is -2.14. The van der Waals surface area contributed by atoms with Gasteiger partial charge >= 0.3 is 15.5 Å². The predicted octanol–water partition coefficient (Wildman–Crippen LogP) is 4.42. The summed E-state index contributed by atoms with van der Waals surface area (Å²) in [4.78, 5) is 7.76. The lowest BCUT2D eigenvalue weighted by atomic mass is 10.1. The zero-order valence-corrected chi connectivity index (χ0v) is 14.8. The van der Waals surface area contributed by atoms with Gasteiger partial charge < -0.3 is 0 Å². The number of nitrogens with zero attached hydrogens (tertiary/aromatic N) is 3. The summed E-state index contributed by atoms with van der Waals surface area (Å²) >= 11 is 12.0. The molecule has 11 heteroatoms. The third-order valence-electron chi connectivity index (χ3n) is 3.34. The van der Waals surface area contributed by atoms with Crippen LogP contribution < -0.4 is 0 Å². The number of hydrogen-bond donors (Lipinski definition) is 0. The summed E-state index contributed by atoms with van der Waals surface area (Å²) in [5.74, 6) is -0.454. The molecule has 0 N–H and O–H groups in total. The zero-order chi connectivity index (χ0) is 19.1. The smallest absolute Gasteiger partial charge is 0.245 e. The van der Waals surface area contributed by atoms with Crippen LogP contribution in [0.4, 0.5) is 13.2 Å². The van der Waals surface area contributed by atoms with Crippen molar-refractivity contribution < 1.29 is 21.6 Å². The van der Waals surface area contributed by atoms with E-state index in [1.165, 1.54) is 30.3 Å². The quantitative estimate of drug-likeness (QED) is 0.628. The minimum absolute atomic E-state index is 0.0331. The van der Waals surface area contributed by atoms with Crippen LogP contribution in [0.25, 0.3) is 22.6 Å². The Bertz CT molecular complexity index is 1080. The van der Waals surface area contributed by atoms with Crippen LogP contribution in [0, 0.1) is 6.20 Å². The molecule has 1 radical (unpaired) electrons. The van der Waals surface area contributed by atoms with Gasteiger partial charge in [0.2, 0.25) is 0 Å². The van der Waals surface area contributed by atoms with Crippen LogP contribution in [0.3, 0.4) is 0 Å². The van der Waals surface area contributed by atoms with Crippen molar-refractivity contribution in [2.24, 2.45) is 0 Å². The van der Waals surface area contributed by atoms with Crippen LogP contribution in [-0.2, 0) is 10.0 Å². The predicted molar refractivity (Wildman–Crippen MR) is 90.1 cm³/mol. The Hall–Kier alpha value is -2.10. The van der Waals surface area contributed by atoms with Gasteiger partial charge in [-0.25, -0.2) is 13.9 Å². The molecule has 0 spiro atoms. The zero-order valence-electron chi connectivity index (χ0n) is 12.5. The van der Waals surface area contributed by atoms with Crippen LogP contribution in [0.1, 0.15) is 0 Å². The molecular weight excluding hydrogens is 414 g/mol. The SMILES string of the molecule is O=S(=O)(n1ccnc1-c1cc[c]nc1-c1ccc(Cl)cc1Cl)C(F)(F)F. The fraction of sp³-hybridized carbons (Fsp3) is 0.0667. The summed E-state index contributed by atoms with van der Waals surface area (Å²) in [6.45, 7) is 0. The number of halogens is 5. The van der Waals surface area contributed by atoms with Crippen LogP contribution in [0.5, 0.6) is 0 Å². The van der Waals surface area contributed by atoms with Crippen molar-refractivity contribution in [3.05, 3.63) is 59.0 Å². The molecule has 0 amide bonds. The highest BCUT2D eigenvalue weighted by atomic mass is 35.5. The lowest BCUT2D eigenvalue weighted by molar-refractivity contribution is -0.0445. The molecule has 26 heavy (non-hydrogen) atoms. The maximum absolute atomic E-state index is 12.9. The fourth-order valence-electron chi connectivity index (χ4n) is 2.21. The van der Waals surface area contributed by atoms with Crippen molar-refractivity contribution in [1.29, 1.82) is 0 Å². The Morgan fingerprint density at radius 1 is 1.12 bits per heavy atom. The largest absolute Gasteiger partial charge is 0.517 e. The van der Waals surface area contributed by atoms with E-state index in [9.17, 15) is 21.6 Å². The first kappa shape index (κ1) is 18.7. The maximum atomic E-state index is 12.9. The molecule has 0 atom stereocenters. The average Bonchev–Trinajstić information content (AvgIpc) is 3.04. The number of rotatable bonds is 3. The number of aromatic nitrogens is 3. The second kappa shape index (κ2) is 6.57. The van der Waals surface area contributed by atoms with Gasteiger partial charge in [-0.05, 0) is 30.3 Å². The Labute approximate surface area is 156 Å². The van der Waals surface area contributed by atoms with Gasteiger partial charge in [-0.3, -0.25) is 0 Å². The normalized spacial score (nSPS) is 12.3. The van der Waals surface area contributed by atoms with Gasteiger partial charge in [0.05, 0.1) is 16.9 Å². The van der Waals surface area contributed by atoms with E-state index >= 15 is 0 Å². The highest BCUT2D eigenvalue weighted by Gasteiger charge is 2.48. The van der Waals surface area contributed by atoms with Crippen molar-refractivity contribution in [3.63, 3.8) is 0 Å². The minimum atomic E-state index is -5.67. The molecule has 0 bridgehead atoms. The third kappa shape index (κ3) is 3.17. The summed E-state index contributed by atoms with van der Waals surface area (Å²) in [5.41, 5.74) is -5.01. The topological polar surface area (TPSA) is 64.8 Å². The Morgan fingerprint density at radius 2 is 1.85 bits per heavy atom. The van der Waals surface area contributed by atoms with Gasteiger partial charge in [-0.1, -0.05) is 23.2 Å². The van der Waals surface area contributed by atoms with Gasteiger partial charge in [0.15, 0.2) is 5.82 Å². The van der Waals surface area contributed by atoms with Crippen LogP contribution >= 0.6 is 23.2 Å². The van der Waals surface area contributed by atoms with Gasteiger partial charge in [-0.15, -0.1) is 0 Å². The number of pyridine rings is 1. The third-order valence-corrected chi connectivity index (χ3v) is 5.29. The molecule has 0 fully saturated rings. The fourth-order valence-corrected chi connectivity index (χ4v) is 3.52. The van der Waals surface area contributed by atoms with E-state index in [4.69, 9.17) is 23.2 Å². The Morgan fingerprint density at radius 3 is 2.50 bits per heavy atom. The van der Waals surface area contributed by atoms with Crippen LogP contribution in [0.2, 0.25) is 10.0 Å². The van der Waals surface area contributed by atoms with E-state index < -0.39 is 21.4 Å². The Kier molecular flexibility index (Phi) is 4.72. The molecule has 2 heterocycles.